The number of ether oxygens (including phenoxy) is 2. The molecular weight excluding hydrogens is 326 g/mol. The van der Waals surface area contributed by atoms with Crippen LogP contribution in [0.25, 0.3) is 0 Å². The highest BCUT2D eigenvalue weighted by atomic mass is 35.5. The van der Waals surface area contributed by atoms with E-state index in [4.69, 9.17) is 21.1 Å². The van der Waals surface area contributed by atoms with Gasteiger partial charge in [0.05, 0.1) is 20.3 Å². The second-order valence-electron chi connectivity index (χ2n) is 5.78. The summed E-state index contributed by atoms with van der Waals surface area (Å²) >= 11 is 5.97. The highest BCUT2D eigenvalue weighted by Crippen LogP contribution is 2.35. The number of likely N-dealkylation sites (tertiary alicyclic amines) is 1. The van der Waals surface area contributed by atoms with Crippen molar-refractivity contribution < 1.29 is 14.3 Å². The molecule has 1 amide bonds. The summed E-state index contributed by atoms with van der Waals surface area (Å²) in [7, 11) is 3.15. The van der Waals surface area contributed by atoms with Crippen LogP contribution in [0.5, 0.6) is 11.5 Å². The molecule has 1 fully saturated rings. The zero-order chi connectivity index (χ0) is 17.1. The molecule has 1 aliphatic heterocycles. The van der Waals surface area contributed by atoms with E-state index in [-0.39, 0.29) is 11.9 Å². The fourth-order valence-corrected chi connectivity index (χ4v) is 3.30. The maximum Gasteiger partial charge on any atom is 0.254 e. The molecule has 126 valence electrons. The second kappa shape index (κ2) is 7.14. The number of methoxy groups -OCH3 is 2. The van der Waals surface area contributed by atoms with E-state index in [9.17, 15) is 4.79 Å². The largest absolute Gasteiger partial charge is 0.493 e. The van der Waals surface area contributed by atoms with Crippen LogP contribution in [0.2, 0.25) is 5.02 Å². The van der Waals surface area contributed by atoms with Gasteiger partial charge in [-0.2, -0.15) is 0 Å². The molecule has 0 unspecified atom stereocenters. The Hall–Kier alpha value is -2.20. The van der Waals surface area contributed by atoms with Crippen LogP contribution in [-0.2, 0) is 0 Å². The molecule has 0 spiro atoms. The maximum absolute atomic E-state index is 13.0. The average molecular weight is 346 g/mol. The fourth-order valence-electron chi connectivity index (χ4n) is 3.18. The van der Waals surface area contributed by atoms with Gasteiger partial charge in [-0.1, -0.05) is 23.7 Å². The van der Waals surface area contributed by atoms with Crippen LogP contribution in [0.4, 0.5) is 0 Å². The summed E-state index contributed by atoms with van der Waals surface area (Å²) in [5.74, 6) is 1.18. The Morgan fingerprint density at radius 2 is 1.79 bits per heavy atom. The lowest BCUT2D eigenvalue weighted by Crippen LogP contribution is -2.30. The first-order valence-corrected chi connectivity index (χ1v) is 8.30. The van der Waals surface area contributed by atoms with Gasteiger partial charge in [-0.15, -0.1) is 0 Å². The Labute approximate surface area is 146 Å². The van der Waals surface area contributed by atoms with E-state index in [1.807, 2.05) is 29.2 Å². The molecule has 4 nitrogen and oxygen atoms in total. The van der Waals surface area contributed by atoms with Crippen LogP contribution in [0.1, 0.15) is 34.8 Å². The van der Waals surface area contributed by atoms with Crippen LogP contribution in [0, 0.1) is 0 Å². The van der Waals surface area contributed by atoms with E-state index < -0.39 is 0 Å². The molecule has 5 heteroatoms. The number of halogens is 1. The number of carbonyl (C=O) groups is 1. The van der Waals surface area contributed by atoms with E-state index in [1.165, 1.54) is 0 Å². The zero-order valence-corrected chi connectivity index (χ0v) is 14.5. The third-order valence-electron chi connectivity index (χ3n) is 4.40. The molecule has 1 heterocycles. The molecule has 0 aromatic heterocycles. The SMILES string of the molecule is COc1ccc(C(=O)N2CCC[C@H]2c2ccc(Cl)cc2)cc1OC. The molecule has 2 aromatic carbocycles. The predicted octanol–water partition coefficient (Wildman–Crippen LogP) is 4.33. The summed E-state index contributed by atoms with van der Waals surface area (Å²) < 4.78 is 10.5. The topological polar surface area (TPSA) is 38.8 Å². The van der Waals surface area contributed by atoms with Crippen molar-refractivity contribution >= 4 is 17.5 Å². The lowest BCUT2D eigenvalue weighted by atomic mass is 10.0. The normalized spacial score (nSPS) is 17.0. The lowest BCUT2D eigenvalue weighted by molar-refractivity contribution is 0.0735. The second-order valence-corrected chi connectivity index (χ2v) is 6.21. The van der Waals surface area contributed by atoms with E-state index >= 15 is 0 Å². The van der Waals surface area contributed by atoms with Gasteiger partial charge in [0.15, 0.2) is 11.5 Å². The van der Waals surface area contributed by atoms with Gasteiger partial charge >= 0.3 is 0 Å². The number of hydrogen-bond donors (Lipinski definition) is 0. The van der Waals surface area contributed by atoms with Crippen LogP contribution in [-0.4, -0.2) is 31.6 Å². The molecule has 0 saturated carbocycles. The van der Waals surface area contributed by atoms with E-state index in [0.29, 0.717) is 22.1 Å². The minimum atomic E-state index is 0.00778. The fraction of sp³-hybridized carbons (Fsp3) is 0.316. The van der Waals surface area contributed by atoms with E-state index in [0.717, 1.165) is 24.9 Å². The van der Waals surface area contributed by atoms with Crippen molar-refractivity contribution in [2.45, 2.75) is 18.9 Å². The quantitative estimate of drug-likeness (QED) is 0.827. The molecule has 3 rings (SSSR count). The summed E-state index contributed by atoms with van der Waals surface area (Å²) in [4.78, 5) is 14.9. The third kappa shape index (κ3) is 3.20. The van der Waals surface area contributed by atoms with Gasteiger partial charge in [0, 0.05) is 17.1 Å². The smallest absolute Gasteiger partial charge is 0.254 e. The van der Waals surface area contributed by atoms with Gasteiger partial charge in [0.2, 0.25) is 0 Å². The minimum Gasteiger partial charge on any atom is -0.493 e. The monoisotopic (exact) mass is 345 g/mol. The molecule has 24 heavy (non-hydrogen) atoms. The highest BCUT2D eigenvalue weighted by molar-refractivity contribution is 6.30. The van der Waals surface area contributed by atoms with Crippen molar-refractivity contribution in [1.29, 1.82) is 0 Å². The first kappa shape index (κ1) is 16.7. The lowest BCUT2D eigenvalue weighted by Gasteiger charge is -2.25. The molecule has 1 saturated heterocycles. The Balaban J connectivity index is 1.87. The highest BCUT2D eigenvalue weighted by Gasteiger charge is 2.30. The summed E-state index contributed by atoms with van der Waals surface area (Å²) in [5.41, 5.74) is 1.72. The van der Waals surface area contributed by atoms with Crippen molar-refractivity contribution in [3.63, 3.8) is 0 Å². The Morgan fingerprint density at radius 3 is 2.46 bits per heavy atom. The molecule has 0 N–H and O–H groups in total. The first-order chi connectivity index (χ1) is 11.6. The van der Waals surface area contributed by atoms with Crippen LogP contribution >= 0.6 is 11.6 Å². The van der Waals surface area contributed by atoms with Crippen molar-refractivity contribution in [2.75, 3.05) is 20.8 Å². The van der Waals surface area contributed by atoms with Crippen molar-refractivity contribution in [2.24, 2.45) is 0 Å². The molecule has 0 bridgehead atoms. The number of nitrogens with zero attached hydrogens (tertiary/aromatic N) is 1. The molecule has 2 aromatic rings. The average Bonchev–Trinajstić information content (AvgIpc) is 3.10. The van der Waals surface area contributed by atoms with Gasteiger partial charge in [-0.05, 0) is 48.7 Å². The minimum absolute atomic E-state index is 0.00778. The summed E-state index contributed by atoms with van der Waals surface area (Å²) in [5, 5.41) is 0.703. The molecule has 0 aliphatic carbocycles. The Kier molecular flexibility index (Phi) is 4.95. The number of rotatable bonds is 4. The first-order valence-electron chi connectivity index (χ1n) is 7.92. The summed E-state index contributed by atoms with van der Waals surface area (Å²) in [6.45, 7) is 0.750. The van der Waals surface area contributed by atoms with Crippen molar-refractivity contribution in [3.05, 3.63) is 58.6 Å². The predicted molar refractivity (Wildman–Crippen MR) is 94.0 cm³/mol. The maximum atomic E-state index is 13.0. The summed E-state index contributed by atoms with van der Waals surface area (Å²) in [6, 6.07) is 13.1. The number of amides is 1. The van der Waals surface area contributed by atoms with Crippen LogP contribution < -0.4 is 9.47 Å². The summed E-state index contributed by atoms with van der Waals surface area (Å²) in [6.07, 6.45) is 1.95. The van der Waals surface area contributed by atoms with E-state index in [1.54, 1.807) is 32.4 Å². The molecular formula is C19H20ClNO3. The van der Waals surface area contributed by atoms with Crippen molar-refractivity contribution in [1.82, 2.24) is 4.90 Å². The Morgan fingerprint density at radius 1 is 1.08 bits per heavy atom. The molecule has 1 aliphatic rings. The zero-order valence-electron chi connectivity index (χ0n) is 13.8. The van der Waals surface area contributed by atoms with Gasteiger partial charge in [0.25, 0.3) is 5.91 Å². The van der Waals surface area contributed by atoms with Gasteiger partial charge in [-0.3, -0.25) is 4.79 Å². The number of carbonyl (C=O) groups excluding carboxylic acids is 1. The van der Waals surface area contributed by atoms with Crippen LogP contribution in [0.15, 0.2) is 42.5 Å². The van der Waals surface area contributed by atoms with Gasteiger partial charge in [0.1, 0.15) is 0 Å². The van der Waals surface area contributed by atoms with Crippen LogP contribution in [0.3, 0.4) is 0 Å². The van der Waals surface area contributed by atoms with Gasteiger partial charge < -0.3 is 14.4 Å². The molecule has 0 radical (unpaired) electrons. The third-order valence-corrected chi connectivity index (χ3v) is 4.65. The number of benzene rings is 2. The van der Waals surface area contributed by atoms with E-state index in [2.05, 4.69) is 0 Å². The van der Waals surface area contributed by atoms with Crippen molar-refractivity contribution in [3.8, 4) is 11.5 Å². The standard InChI is InChI=1S/C19H20ClNO3/c1-23-17-10-7-14(12-18(17)24-2)19(22)21-11-3-4-16(21)13-5-8-15(20)9-6-13/h5-10,12,16H,3-4,11H2,1-2H3/t16-/m0/s1. The Bertz CT molecular complexity index is 730. The number of hydrogen-bond acceptors (Lipinski definition) is 3. The van der Waals surface area contributed by atoms with Gasteiger partial charge in [-0.25, -0.2) is 0 Å². The molecule has 1 atom stereocenters.